The van der Waals surface area contributed by atoms with Crippen LogP contribution in [-0.4, -0.2) is 30.2 Å². The lowest BCUT2D eigenvalue weighted by atomic mass is 9.98. The van der Waals surface area contributed by atoms with Gasteiger partial charge in [-0.15, -0.1) is 10.2 Å². The number of nitrogens with one attached hydrogen (secondary N) is 1. The number of rotatable bonds is 6. The van der Waals surface area contributed by atoms with E-state index in [4.69, 9.17) is 0 Å². The Labute approximate surface area is 174 Å². The molecule has 3 heterocycles. The van der Waals surface area contributed by atoms with Gasteiger partial charge in [0.15, 0.2) is 0 Å². The number of tetrazole rings is 1. The molecule has 5 aromatic rings. The molecule has 6 nitrogen and oxygen atoms in total. The summed E-state index contributed by atoms with van der Waals surface area (Å²) < 4.78 is 2.33. The normalized spacial score (nSPS) is 11.2. The molecule has 1 N–H and O–H groups in total. The Kier molecular flexibility index (Phi) is 4.81. The third kappa shape index (κ3) is 3.37. The van der Waals surface area contributed by atoms with E-state index in [9.17, 15) is 0 Å². The summed E-state index contributed by atoms with van der Waals surface area (Å²) in [5, 5.41) is 15.7. The van der Waals surface area contributed by atoms with E-state index < -0.39 is 0 Å². The molecular weight excluding hydrogens is 372 g/mol. The van der Waals surface area contributed by atoms with Crippen LogP contribution in [0.1, 0.15) is 24.6 Å². The smallest absolute Gasteiger partial charge is 0.205 e. The zero-order valence-corrected chi connectivity index (χ0v) is 16.8. The minimum Gasteiger partial charge on any atom is -0.325 e. The summed E-state index contributed by atoms with van der Waals surface area (Å²) in [6.45, 7) is 3.02. The van der Waals surface area contributed by atoms with Crippen LogP contribution >= 0.6 is 0 Å². The maximum absolute atomic E-state index is 4.63. The molecule has 30 heavy (non-hydrogen) atoms. The Hall–Kier alpha value is -3.80. The molecule has 0 fully saturated rings. The number of hydrogen-bond acceptors (Lipinski definition) is 4. The molecule has 0 saturated heterocycles. The topological polar surface area (TPSA) is 72.3 Å². The van der Waals surface area contributed by atoms with Gasteiger partial charge >= 0.3 is 0 Å². The monoisotopic (exact) mass is 394 g/mol. The van der Waals surface area contributed by atoms with Gasteiger partial charge in [0.2, 0.25) is 5.82 Å². The Morgan fingerprint density at radius 1 is 0.933 bits per heavy atom. The van der Waals surface area contributed by atoms with Crippen LogP contribution in [0.3, 0.4) is 0 Å². The highest BCUT2D eigenvalue weighted by Gasteiger charge is 2.12. The highest BCUT2D eigenvalue weighted by atomic mass is 15.5. The van der Waals surface area contributed by atoms with Gasteiger partial charge in [-0.2, -0.15) is 5.21 Å². The molecule has 0 aliphatic rings. The zero-order valence-electron chi connectivity index (χ0n) is 16.8. The van der Waals surface area contributed by atoms with Crippen molar-refractivity contribution in [1.29, 1.82) is 0 Å². The van der Waals surface area contributed by atoms with Gasteiger partial charge in [0.1, 0.15) is 5.65 Å². The fourth-order valence-electron chi connectivity index (χ4n) is 3.96. The molecule has 0 radical (unpaired) electrons. The molecule has 0 amide bonds. The summed E-state index contributed by atoms with van der Waals surface area (Å²) in [5.74, 6) is 0.601. The highest BCUT2D eigenvalue weighted by molar-refractivity contribution is 5.80. The number of pyridine rings is 1. The third-order valence-corrected chi connectivity index (χ3v) is 5.37. The SMILES string of the molecule is CCCc1cc2cccnc2n1Cc1ccc(-c2ccccc2-c2nn[nH]n2)cc1. The number of benzene rings is 2. The maximum Gasteiger partial charge on any atom is 0.205 e. The van der Waals surface area contributed by atoms with E-state index in [1.807, 2.05) is 30.5 Å². The number of aromatic amines is 1. The molecule has 0 unspecified atom stereocenters. The van der Waals surface area contributed by atoms with E-state index in [1.165, 1.54) is 16.6 Å². The van der Waals surface area contributed by atoms with Crippen LogP contribution in [-0.2, 0) is 13.0 Å². The van der Waals surface area contributed by atoms with Gasteiger partial charge in [0.25, 0.3) is 0 Å². The van der Waals surface area contributed by atoms with Crippen LogP contribution in [0.15, 0.2) is 72.9 Å². The van der Waals surface area contributed by atoms with Crippen molar-refractivity contribution in [3.63, 3.8) is 0 Å². The first-order valence-corrected chi connectivity index (χ1v) is 10.2. The maximum atomic E-state index is 4.63. The first kappa shape index (κ1) is 18.2. The average molecular weight is 394 g/mol. The molecule has 0 aliphatic carbocycles. The molecule has 3 aromatic heterocycles. The quantitative estimate of drug-likeness (QED) is 0.445. The minimum absolute atomic E-state index is 0.601. The summed E-state index contributed by atoms with van der Waals surface area (Å²) in [7, 11) is 0. The summed E-state index contributed by atoms with van der Waals surface area (Å²) in [4.78, 5) is 4.63. The average Bonchev–Trinajstić information content (AvgIpc) is 3.44. The molecule has 6 heteroatoms. The standard InChI is InChI=1S/C24H22N6/c1-2-6-20-15-19-7-5-14-25-24(19)30(20)16-17-10-12-18(13-11-17)21-8-3-4-9-22(21)23-26-28-29-27-23/h3-5,7-15H,2,6,16H2,1H3,(H,26,27,28,29). The lowest BCUT2D eigenvalue weighted by Gasteiger charge is -2.11. The number of aryl methyl sites for hydroxylation is 1. The Morgan fingerprint density at radius 3 is 2.53 bits per heavy atom. The van der Waals surface area contributed by atoms with E-state index in [0.717, 1.165) is 41.7 Å². The van der Waals surface area contributed by atoms with Crippen LogP contribution in [0.2, 0.25) is 0 Å². The molecule has 5 rings (SSSR count). The number of nitrogens with zero attached hydrogens (tertiary/aromatic N) is 5. The van der Waals surface area contributed by atoms with Gasteiger partial charge < -0.3 is 4.57 Å². The lowest BCUT2D eigenvalue weighted by molar-refractivity contribution is 0.739. The highest BCUT2D eigenvalue weighted by Crippen LogP contribution is 2.30. The van der Waals surface area contributed by atoms with Gasteiger partial charge in [-0.3, -0.25) is 0 Å². The molecular formula is C24H22N6. The zero-order chi connectivity index (χ0) is 20.3. The van der Waals surface area contributed by atoms with E-state index in [0.29, 0.717) is 5.82 Å². The minimum atomic E-state index is 0.601. The van der Waals surface area contributed by atoms with E-state index in [-0.39, 0.29) is 0 Å². The van der Waals surface area contributed by atoms with E-state index >= 15 is 0 Å². The number of aromatic nitrogens is 6. The van der Waals surface area contributed by atoms with Gasteiger partial charge in [-0.1, -0.05) is 61.9 Å². The summed E-state index contributed by atoms with van der Waals surface area (Å²) in [6, 6.07) is 23.2. The second-order valence-corrected chi connectivity index (χ2v) is 7.37. The molecule has 0 saturated carbocycles. The molecule has 0 bridgehead atoms. The van der Waals surface area contributed by atoms with Crippen molar-refractivity contribution in [2.24, 2.45) is 0 Å². The van der Waals surface area contributed by atoms with E-state index in [1.54, 1.807) is 0 Å². The lowest BCUT2D eigenvalue weighted by Crippen LogP contribution is -2.05. The number of H-pyrrole nitrogens is 1. The van der Waals surface area contributed by atoms with Crippen LogP contribution in [0.4, 0.5) is 0 Å². The fourth-order valence-corrected chi connectivity index (χ4v) is 3.96. The fraction of sp³-hybridized carbons (Fsp3) is 0.167. The molecule has 0 atom stereocenters. The van der Waals surface area contributed by atoms with Gasteiger partial charge in [-0.25, -0.2) is 4.98 Å². The Bertz CT molecular complexity index is 1270. The van der Waals surface area contributed by atoms with Crippen molar-refractivity contribution < 1.29 is 0 Å². The van der Waals surface area contributed by atoms with Crippen molar-refractivity contribution >= 4 is 11.0 Å². The summed E-state index contributed by atoms with van der Waals surface area (Å²) in [6.07, 6.45) is 4.03. The van der Waals surface area contributed by atoms with E-state index in [2.05, 4.69) is 79.6 Å². The molecule has 2 aromatic carbocycles. The van der Waals surface area contributed by atoms with Gasteiger partial charge in [-0.05, 0) is 46.5 Å². The second-order valence-electron chi connectivity index (χ2n) is 7.37. The van der Waals surface area contributed by atoms with Gasteiger partial charge in [0.05, 0.1) is 0 Å². The summed E-state index contributed by atoms with van der Waals surface area (Å²) in [5.41, 5.74) is 6.81. The largest absolute Gasteiger partial charge is 0.325 e. The van der Waals surface area contributed by atoms with Crippen molar-refractivity contribution in [3.05, 3.63) is 84.2 Å². The van der Waals surface area contributed by atoms with Crippen molar-refractivity contribution in [2.45, 2.75) is 26.3 Å². The second kappa shape index (κ2) is 7.91. The Morgan fingerprint density at radius 2 is 1.77 bits per heavy atom. The molecule has 0 aliphatic heterocycles. The van der Waals surface area contributed by atoms with Gasteiger partial charge in [0, 0.05) is 29.4 Å². The molecule has 148 valence electrons. The summed E-state index contributed by atoms with van der Waals surface area (Å²) >= 11 is 0. The Balaban J connectivity index is 1.48. The molecule has 0 spiro atoms. The van der Waals surface area contributed by atoms with Crippen LogP contribution in [0.5, 0.6) is 0 Å². The van der Waals surface area contributed by atoms with Crippen LogP contribution in [0.25, 0.3) is 33.5 Å². The van der Waals surface area contributed by atoms with Crippen molar-refractivity contribution in [2.75, 3.05) is 0 Å². The third-order valence-electron chi connectivity index (χ3n) is 5.37. The van der Waals surface area contributed by atoms with Crippen molar-refractivity contribution in [1.82, 2.24) is 30.2 Å². The van der Waals surface area contributed by atoms with Crippen molar-refractivity contribution in [3.8, 4) is 22.5 Å². The first-order valence-electron chi connectivity index (χ1n) is 10.2. The van der Waals surface area contributed by atoms with Crippen LogP contribution < -0.4 is 0 Å². The first-order chi connectivity index (χ1) is 14.8. The van der Waals surface area contributed by atoms with Crippen LogP contribution in [0, 0.1) is 0 Å². The number of fused-ring (bicyclic) bond motifs is 1. The predicted octanol–water partition coefficient (Wildman–Crippen LogP) is 4.88. The predicted molar refractivity (Wildman–Crippen MR) is 118 cm³/mol. The number of hydrogen-bond donors (Lipinski definition) is 1.